The van der Waals surface area contributed by atoms with Crippen molar-refractivity contribution in [3.8, 4) is 0 Å². The van der Waals surface area contributed by atoms with Gasteiger partial charge < -0.3 is 5.73 Å². The van der Waals surface area contributed by atoms with Crippen molar-refractivity contribution in [3.63, 3.8) is 0 Å². The van der Waals surface area contributed by atoms with E-state index >= 15 is 0 Å². The third-order valence-electron chi connectivity index (χ3n) is 9.08. The summed E-state index contributed by atoms with van der Waals surface area (Å²) in [5.41, 5.74) is 7.25. The zero-order chi connectivity index (χ0) is 32.3. The topological polar surface area (TPSA) is 101 Å². The average Bonchev–Trinajstić information content (AvgIpc) is 2.95. The predicted octanol–water partition coefficient (Wildman–Crippen LogP) is 13.0. The second kappa shape index (κ2) is 34.7. The Kier molecular flexibility index (Phi) is 36.3. The molecule has 4 N–H and O–H groups in total. The summed E-state index contributed by atoms with van der Waals surface area (Å²) in [7, 11) is -4.67. The largest absolute Gasteiger partial charge is 0.394 e. The second-order valence-electron chi connectivity index (χ2n) is 13.6. The van der Waals surface area contributed by atoms with Crippen molar-refractivity contribution >= 4 is 10.4 Å². The normalized spacial score (nSPS) is 12.0. The SMILES string of the molecule is CCCCCCCCCCCCC(N)(CCCCCCCCCCCC)CCCCCCCCCCCC.O=S(=O)(O)O. The summed E-state index contributed by atoms with van der Waals surface area (Å²) in [6.07, 6.45) is 46.6. The third-order valence-corrected chi connectivity index (χ3v) is 9.08. The van der Waals surface area contributed by atoms with Gasteiger partial charge in [-0.1, -0.05) is 213 Å². The molecule has 0 aromatic carbocycles. The molecule has 0 aliphatic carbocycles. The molecule has 0 heterocycles. The molecular formula is C37H79NO4S. The van der Waals surface area contributed by atoms with Crippen LogP contribution in [0.5, 0.6) is 0 Å². The predicted molar refractivity (Wildman–Crippen MR) is 190 cm³/mol. The highest BCUT2D eigenvalue weighted by Crippen LogP contribution is 2.27. The summed E-state index contributed by atoms with van der Waals surface area (Å²) in [6, 6.07) is 0. The first-order chi connectivity index (χ1) is 20.7. The summed E-state index contributed by atoms with van der Waals surface area (Å²) < 4.78 is 31.6. The van der Waals surface area contributed by atoms with Crippen LogP contribution in [-0.2, 0) is 10.4 Å². The molecule has 0 radical (unpaired) electrons. The Morgan fingerprint density at radius 2 is 0.512 bits per heavy atom. The van der Waals surface area contributed by atoms with Crippen molar-refractivity contribution in [2.24, 2.45) is 5.73 Å². The van der Waals surface area contributed by atoms with Crippen molar-refractivity contribution in [2.75, 3.05) is 0 Å². The van der Waals surface area contributed by atoms with Gasteiger partial charge in [0, 0.05) is 5.54 Å². The van der Waals surface area contributed by atoms with Crippen LogP contribution in [0.2, 0.25) is 0 Å². The van der Waals surface area contributed by atoms with Gasteiger partial charge in [0.05, 0.1) is 0 Å². The van der Waals surface area contributed by atoms with Crippen LogP contribution in [-0.4, -0.2) is 23.1 Å². The van der Waals surface area contributed by atoms with E-state index in [1.165, 1.54) is 212 Å². The molecule has 262 valence electrons. The summed E-state index contributed by atoms with van der Waals surface area (Å²) in [6.45, 7) is 6.93. The first-order valence-corrected chi connectivity index (χ1v) is 20.6. The molecule has 0 aliphatic rings. The molecule has 0 aromatic rings. The fourth-order valence-corrected chi connectivity index (χ4v) is 6.27. The van der Waals surface area contributed by atoms with Crippen molar-refractivity contribution in [1.29, 1.82) is 0 Å². The second-order valence-corrected chi connectivity index (χ2v) is 14.5. The van der Waals surface area contributed by atoms with E-state index in [4.69, 9.17) is 23.3 Å². The molecule has 43 heavy (non-hydrogen) atoms. The molecule has 0 amide bonds. The Bertz CT molecular complexity index is 558. The van der Waals surface area contributed by atoms with E-state index in [0.29, 0.717) is 0 Å². The van der Waals surface area contributed by atoms with E-state index in [1.807, 2.05) is 0 Å². The Morgan fingerprint density at radius 1 is 0.372 bits per heavy atom. The van der Waals surface area contributed by atoms with Crippen LogP contribution in [0.25, 0.3) is 0 Å². The van der Waals surface area contributed by atoms with Crippen molar-refractivity contribution in [3.05, 3.63) is 0 Å². The maximum absolute atomic E-state index is 8.74. The van der Waals surface area contributed by atoms with Gasteiger partial charge in [0.15, 0.2) is 0 Å². The maximum Gasteiger partial charge on any atom is 0.394 e. The molecule has 0 aromatic heterocycles. The average molecular weight is 634 g/mol. The fourth-order valence-electron chi connectivity index (χ4n) is 6.27. The van der Waals surface area contributed by atoms with Crippen molar-refractivity contribution in [2.45, 2.75) is 238 Å². The summed E-state index contributed by atoms with van der Waals surface area (Å²) >= 11 is 0. The first kappa shape index (κ1) is 45.0. The fraction of sp³-hybridized carbons (Fsp3) is 1.00. The van der Waals surface area contributed by atoms with Crippen molar-refractivity contribution in [1.82, 2.24) is 0 Å². The van der Waals surface area contributed by atoms with E-state index in [9.17, 15) is 0 Å². The molecule has 0 saturated heterocycles. The quantitative estimate of drug-likeness (QED) is 0.0493. The molecule has 0 spiro atoms. The van der Waals surface area contributed by atoms with Gasteiger partial charge in [-0.05, 0) is 19.3 Å². The molecular weight excluding hydrogens is 554 g/mol. The highest BCUT2D eigenvalue weighted by atomic mass is 32.3. The van der Waals surface area contributed by atoms with Crippen LogP contribution in [0.15, 0.2) is 0 Å². The lowest BCUT2D eigenvalue weighted by Crippen LogP contribution is -2.39. The molecule has 5 nitrogen and oxygen atoms in total. The van der Waals surface area contributed by atoms with Crippen LogP contribution in [0.3, 0.4) is 0 Å². The number of rotatable bonds is 33. The molecule has 0 aliphatic heterocycles. The van der Waals surface area contributed by atoms with Gasteiger partial charge in [0.25, 0.3) is 0 Å². The summed E-state index contributed by atoms with van der Waals surface area (Å²) in [4.78, 5) is 0. The van der Waals surface area contributed by atoms with E-state index in [1.54, 1.807) is 0 Å². The molecule has 0 atom stereocenters. The zero-order valence-electron chi connectivity index (χ0n) is 29.5. The van der Waals surface area contributed by atoms with Gasteiger partial charge in [0.1, 0.15) is 0 Å². The van der Waals surface area contributed by atoms with Crippen LogP contribution in [0.1, 0.15) is 233 Å². The minimum Gasteiger partial charge on any atom is -0.325 e. The third kappa shape index (κ3) is 44.0. The molecule has 0 unspecified atom stereocenters. The maximum atomic E-state index is 8.74. The monoisotopic (exact) mass is 634 g/mol. The number of unbranched alkanes of at least 4 members (excludes halogenated alkanes) is 27. The molecule has 0 fully saturated rings. The smallest absolute Gasteiger partial charge is 0.325 e. The van der Waals surface area contributed by atoms with Gasteiger partial charge >= 0.3 is 10.4 Å². The molecule has 0 saturated carbocycles. The Hall–Kier alpha value is -0.170. The zero-order valence-corrected chi connectivity index (χ0v) is 30.3. The number of hydrogen-bond acceptors (Lipinski definition) is 3. The van der Waals surface area contributed by atoms with Crippen molar-refractivity contribution < 1.29 is 17.5 Å². The lowest BCUT2D eigenvalue weighted by molar-refractivity contribution is 0.302. The van der Waals surface area contributed by atoms with Crippen LogP contribution in [0, 0.1) is 0 Å². The minimum atomic E-state index is -4.67. The van der Waals surface area contributed by atoms with E-state index in [0.717, 1.165) is 0 Å². The number of hydrogen-bond donors (Lipinski definition) is 3. The van der Waals surface area contributed by atoms with Crippen LogP contribution in [0.4, 0.5) is 0 Å². The highest BCUT2D eigenvalue weighted by molar-refractivity contribution is 7.79. The molecule has 0 rings (SSSR count). The van der Waals surface area contributed by atoms with Crippen LogP contribution >= 0.6 is 0 Å². The minimum absolute atomic E-state index is 0.125. The lowest BCUT2D eigenvalue weighted by Gasteiger charge is -2.30. The molecule has 0 bridgehead atoms. The van der Waals surface area contributed by atoms with E-state index < -0.39 is 10.4 Å². The van der Waals surface area contributed by atoms with Gasteiger partial charge in [-0.15, -0.1) is 0 Å². The first-order valence-electron chi connectivity index (χ1n) is 19.2. The highest BCUT2D eigenvalue weighted by Gasteiger charge is 2.23. The van der Waals surface area contributed by atoms with Gasteiger partial charge in [0.2, 0.25) is 0 Å². The van der Waals surface area contributed by atoms with Gasteiger partial charge in [-0.3, -0.25) is 9.11 Å². The standard InChI is InChI=1S/C37H77N.H2O4S/c1-4-7-10-13-16-19-22-25-28-31-34-37(38,35-32-29-26-23-20-17-14-11-8-5-2)36-33-30-27-24-21-18-15-12-9-6-3;1-5(2,3)4/h4-36,38H2,1-3H3;(H2,1,2,3,4). The van der Waals surface area contributed by atoms with E-state index in [-0.39, 0.29) is 5.54 Å². The van der Waals surface area contributed by atoms with E-state index in [2.05, 4.69) is 20.8 Å². The van der Waals surface area contributed by atoms with Crippen LogP contribution < -0.4 is 5.73 Å². The Labute approximate surface area is 271 Å². The summed E-state index contributed by atoms with van der Waals surface area (Å²) in [5, 5.41) is 0. The Balaban J connectivity index is 0. The lowest BCUT2D eigenvalue weighted by atomic mass is 9.82. The summed E-state index contributed by atoms with van der Waals surface area (Å²) in [5.74, 6) is 0. The number of nitrogens with two attached hydrogens (primary N) is 1. The van der Waals surface area contributed by atoms with Gasteiger partial charge in [-0.25, -0.2) is 0 Å². The molecule has 6 heteroatoms. The Morgan fingerprint density at radius 3 is 0.674 bits per heavy atom. The van der Waals surface area contributed by atoms with Gasteiger partial charge in [-0.2, -0.15) is 8.42 Å².